The summed E-state index contributed by atoms with van der Waals surface area (Å²) in [5.41, 5.74) is 0.177. The minimum Gasteiger partial charge on any atom is -0.471 e. The van der Waals surface area contributed by atoms with E-state index in [1.165, 1.54) is 34.4 Å². The molecular formula is C36H39N5O7S2. The van der Waals surface area contributed by atoms with Gasteiger partial charge in [-0.3, -0.25) is 14.4 Å². The third kappa shape index (κ3) is 6.87. The largest absolute Gasteiger partial charge is 0.471 e. The van der Waals surface area contributed by atoms with Gasteiger partial charge in [-0.2, -0.15) is 0 Å². The van der Waals surface area contributed by atoms with E-state index in [0.29, 0.717) is 16.7 Å². The maximum absolute atomic E-state index is 14.1. The van der Waals surface area contributed by atoms with Crippen LogP contribution >= 0.6 is 11.3 Å². The van der Waals surface area contributed by atoms with E-state index >= 15 is 0 Å². The van der Waals surface area contributed by atoms with Gasteiger partial charge in [0.25, 0.3) is 21.8 Å². The number of ether oxygens (including phenoxy) is 1. The Balaban J connectivity index is 1.28. The van der Waals surface area contributed by atoms with E-state index in [-0.39, 0.29) is 30.2 Å². The van der Waals surface area contributed by atoms with Crippen LogP contribution in [0.4, 0.5) is 0 Å². The molecule has 5 atom stereocenters. The van der Waals surface area contributed by atoms with Crippen LogP contribution in [0.5, 0.6) is 5.88 Å². The van der Waals surface area contributed by atoms with Gasteiger partial charge in [0.1, 0.15) is 29.5 Å². The summed E-state index contributed by atoms with van der Waals surface area (Å²) in [5, 5.41) is 15.7. The Morgan fingerprint density at radius 3 is 2.36 bits per heavy atom. The maximum atomic E-state index is 14.1. The summed E-state index contributed by atoms with van der Waals surface area (Å²) in [6, 6.07) is 16.0. The quantitative estimate of drug-likeness (QED) is 0.206. The lowest BCUT2D eigenvalue weighted by atomic mass is 9.88. The van der Waals surface area contributed by atoms with Crippen molar-refractivity contribution in [1.82, 2.24) is 24.9 Å². The fourth-order valence-corrected chi connectivity index (χ4v) is 7.77. The molecule has 1 saturated heterocycles. The first kappa shape index (κ1) is 35.2. The number of fused-ring (bicyclic) bond motifs is 1. The second-order valence-electron chi connectivity index (χ2n) is 13.8. The normalized spacial score (nSPS) is 22.5. The molecule has 0 spiro atoms. The van der Waals surface area contributed by atoms with Crippen molar-refractivity contribution >= 4 is 50.1 Å². The number of hydrogen-bond acceptors (Lipinski definition) is 10. The molecule has 2 aliphatic rings. The smallest absolute Gasteiger partial charge is 0.264 e. The number of aromatic nitrogens is 2. The van der Waals surface area contributed by atoms with Gasteiger partial charge in [-0.15, -0.1) is 17.9 Å². The van der Waals surface area contributed by atoms with Crippen LogP contribution in [0, 0.1) is 18.3 Å². The summed E-state index contributed by atoms with van der Waals surface area (Å²) in [4.78, 5) is 53.0. The van der Waals surface area contributed by atoms with E-state index in [2.05, 4.69) is 16.6 Å². The van der Waals surface area contributed by atoms with Crippen molar-refractivity contribution in [2.45, 2.75) is 69.2 Å². The van der Waals surface area contributed by atoms with Gasteiger partial charge in [0.2, 0.25) is 11.8 Å². The first-order valence-electron chi connectivity index (χ1n) is 16.2. The molecule has 2 fully saturated rings. The Kier molecular flexibility index (Phi) is 9.31. The van der Waals surface area contributed by atoms with Gasteiger partial charge in [-0.05, 0) is 54.5 Å². The van der Waals surface area contributed by atoms with Crippen molar-refractivity contribution in [2.24, 2.45) is 11.3 Å². The van der Waals surface area contributed by atoms with Gasteiger partial charge in [0, 0.05) is 12.3 Å². The molecule has 2 aromatic carbocycles. The van der Waals surface area contributed by atoms with Gasteiger partial charge >= 0.3 is 0 Å². The number of aliphatic hydroxyl groups excluding tert-OH is 1. The average Bonchev–Trinajstić information content (AvgIpc) is 3.37. The van der Waals surface area contributed by atoms with Crippen molar-refractivity contribution < 1.29 is 32.6 Å². The number of likely N-dealkylation sites (tertiary alicyclic amines) is 1. The summed E-state index contributed by atoms with van der Waals surface area (Å²) in [5.74, 6) is -2.61. The second kappa shape index (κ2) is 13.2. The molecule has 0 bridgehead atoms. The van der Waals surface area contributed by atoms with Crippen LogP contribution in [0.2, 0.25) is 0 Å². The number of nitrogens with one attached hydrogen (secondary N) is 2. The number of sulfonamides is 1. The zero-order chi connectivity index (χ0) is 36.0. The molecule has 12 nitrogen and oxygen atoms in total. The van der Waals surface area contributed by atoms with Gasteiger partial charge in [0.05, 0.1) is 27.4 Å². The van der Waals surface area contributed by atoms with Crippen molar-refractivity contribution in [3.05, 3.63) is 84.3 Å². The molecule has 3 heterocycles. The zero-order valence-electron chi connectivity index (χ0n) is 28.1. The van der Waals surface area contributed by atoms with Crippen LogP contribution in [0.1, 0.15) is 39.2 Å². The minimum atomic E-state index is -4.25. The molecule has 2 aromatic heterocycles. The monoisotopic (exact) mass is 717 g/mol. The highest BCUT2D eigenvalue weighted by Crippen LogP contribution is 2.45. The lowest BCUT2D eigenvalue weighted by Gasteiger charge is -2.32. The number of carbonyl (C=O) groups excluding carboxylic acids is 3. The molecule has 262 valence electrons. The SMILES string of the molecule is C=C[C@@H]1C[C@]1(NC(=O)[C@@H]1C[C@@H](Oc2nc3ccccc3nc2-c2cccs2)CN1C(=O)[C@@H](O)C(C)(C)C)C(=O)NS(=O)(=O)c1ccc(C)cc1. The maximum Gasteiger partial charge on any atom is 0.264 e. The Labute approximate surface area is 294 Å². The molecule has 1 aliphatic carbocycles. The van der Waals surface area contributed by atoms with Gasteiger partial charge in [-0.25, -0.2) is 23.1 Å². The van der Waals surface area contributed by atoms with Crippen LogP contribution in [0.3, 0.4) is 0 Å². The van der Waals surface area contributed by atoms with Crippen LogP contribution < -0.4 is 14.8 Å². The summed E-state index contributed by atoms with van der Waals surface area (Å²) in [6.45, 7) is 10.6. The summed E-state index contributed by atoms with van der Waals surface area (Å²) in [6.07, 6.45) is -0.588. The Morgan fingerprint density at radius 2 is 1.76 bits per heavy atom. The molecule has 14 heteroatoms. The third-order valence-corrected chi connectivity index (χ3v) is 11.3. The van der Waals surface area contributed by atoms with Crippen molar-refractivity contribution in [3.8, 4) is 16.5 Å². The van der Waals surface area contributed by atoms with E-state index in [9.17, 15) is 27.9 Å². The molecule has 1 saturated carbocycles. The third-order valence-electron chi connectivity index (χ3n) is 9.08. The number of benzene rings is 2. The first-order valence-corrected chi connectivity index (χ1v) is 18.5. The lowest BCUT2D eigenvalue weighted by Crippen LogP contribution is -2.57. The number of amides is 3. The van der Waals surface area contributed by atoms with Crippen molar-refractivity contribution in [1.29, 1.82) is 0 Å². The topological polar surface area (TPSA) is 168 Å². The fraction of sp³-hybridized carbons (Fsp3) is 0.361. The molecule has 1 aliphatic heterocycles. The number of para-hydroxylation sites is 2. The Hall–Kier alpha value is -4.66. The molecule has 0 unspecified atom stereocenters. The number of rotatable bonds is 10. The summed E-state index contributed by atoms with van der Waals surface area (Å²) in [7, 11) is -4.25. The molecule has 0 radical (unpaired) electrons. The number of nitrogens with zero attached hydrogens (tertiary/aromatic N) is 3. The van der Waals surface area contributed by atoms with E-state index in [1.807, 2.05) is 48.7 Å². The van der Waals surface area contributed by atoms with E-state index < -0.39 is 62.9 Å². The van der Waals surface area contributed by atoms with Crippen molar-refractivity contribution in [2.75, 3.05) is 6.54 Å². The minimum absolute atomic E-state index is 0.00490. The fourth-order valence-electron chi connectivity index (χ4n) is 6.03. The summed E-state index contributed by atoms with van der Waals surface area (Å²) >= 11 is 1.46. The lowest BCUT2D eigenvalue weighted by molar-refractivity contribution is -0.150. The highest BCUT2D eigenvalue weighted by molar-refractivity contribution is 7.90. The van der Waals surface area contributed by atoms with Crippen LogP contribution in [0.25, 0.3) is 21.6 Å². The van der Waals surface area contributed by atoms with Crippen molar-refractivity contribution in [3.63, 3.8) is 0 Å². The Morgan fingerprint density at radius 1 is 1.08 bits per heavy atom. The average molecular weight is 718 g/mol. The Bertz CT molecular complexity index is 2060. The standard InChI is InChI=1S/C36H39N5O7S2/c1-6-22-19-36(22,34(45)40-50(46,47)24-15-13-21(2)14-16-24)39-31(43)27-18-23(20-41(27)33(44)30(42)35(3,4)5)48-32-29(28-12-9-17-49-28)37-25-10-7-8-11-26(25)38-32/h6-17,22-23,27,30,42H,1,18-20H2,2-5H3,(H,39,43)(H,40,45)/t22-,23-,27+,30-,36-/m1/s1. The highest BCUT2D eigenvalue weighted by atomic mass is 32.2. The zero-order valence-corrected chi connectivity index (χ0v) is 29.8. The van der Waals surface area contributed by atoms with Crippen LogP contribution in [-0.2, 0) is 24.4 Å². The number of hydrogen-bond donors (Lipinski definition) is 3. The number of carbonyl (C=O) groups is 3. The first-order chi connectivity index (χ1) is 23.6. The second-order valence-corrected chi connectivity index (χ2v) is 16.5. The van der Waals surface area contributed by atoms with Gasteiger partial charge in [-0.1, -0.05) is 62.7 Å². The molecule has 50 heavy (non-hydrogen) atoms. The number of aryl methyl sites for hydroxylation is 1. The molecule has 3 amide bonds. The predicted octanol–water partition coefficient (Wildman–Crippen LogP) is 3.99. The molecule has 6 rings (SSSR count). The van der Waals surface area contributed by atoms with Gasteiger partial charge in [0.15, 0.2) is 0 Å². The molecule has 3 N–H and O–H groups in total. The summed E-state index contributed by atoms with van der Waals surface area (Å²) < 4.78 is 34.8. The van der Waals surface area contributed by atoms with E-state index in [1.54, 1.807) is 32.9 Å². The number of thiophene rings is 1. The van der Waals surface area contributed by atoms with E-state index in [4.69, 9.17) is 14.7 Å². The molecular weight excluding hydrogens is 679 g/mol. The van der Waals surface area contributed by atoms with Crippen LogP contribution in [-0.4, -0.2) is 76.4 Å². The molecule has 4 aromatic rings. The highest BCUT2D eigenvalue weighted by Gasteiger charge is 2.61. The number of aliphatic hydroxyl groups is 1. The van der Waals surface area contributed by atoms with Crippen LogP contribution in [0.15, 0.2) is 83.6 Å². The van der Waals surface area contributed by atoms with Gasteiger partial charge < -0.3 is 20.1 Å². The predicted molar refractivity (Wildman–Crippen MR) is 189 cm³/mol. The van der Waals surface area contributed by atoms with E-state index in [0.717, 1.165) is 10.4 Å².